The number of nitrogens with zero attached hydrogens (tertiary/aromatic N) is 4. The van der Waals surface area contributed by atoms with E-state index in [4.69, 9.17) is 0 Å². The summed E-state index contributed by atoms with van der Waals surface area (Å²) in [4.78, 5) is 16.6. The molecule has 3 aromatic rings. The average Bonchev–Trinajstić information content (AvgIpc) is 2.98. The molecule has 0 aromatic carbocycles. The van der Waals surface area contributed by atoms with Gasteiger partial charge < -0.3 is 9.88 Å². The lowest BCUT2D eigenvalue weighted by Gasteiger charge is -2.08. The Bertz CT molecular complexity index is 805. The van der Waals surface area contributed by atoms with Crippen LogP contribution >= 0.6 is 0 Å². The zero-order valence-electron chi connectivity index (χ0n) is 11.9. The molecule has 0 saturated carbocycles. The van der Waals surface area contributed by atoms with Gasteiger partial charge in [-0.15, -0.1) is 0 Å². The van der Waals surface area contributed by atoms with Crippen LogP contribution in [0.25, 0.3) is 5.52 Å². The SMILES string of the molecule is CCCNc1cc(Cn2ccn3nccc3c2=O)ccn1. The predicted octanol–water partition coefficient (Wildman–Crippen LogP) is 1.76. The van der Waals surface area contributed by atoms with Gasteiger partial charge in [-0.3, -0.25) is 4.79 Å². The molecule has 0 saturated heterocycles. The molecular formula is C15H17N5O. The lowest BCUT2D eigenvalue weighted by Crippen LogP contribution is -2.21. The molecule has 6 nitrogen and oxygen atoms in total. The summed E-state index contributed by atoms with van der Waals surface area (Å²) < 4.78 is 3.26. The summed E-state index contributed by atoms with van der Waals surface area (Å²) in [5.74, 6) is 0.841. The molecule has 0 aliphatic carbocycles. The van der Waals surface area contributed by atoms with Crippen molar-refractivity contribution in [1.29, 1.82) is 0 Å². The van der Waals surface area contributed by atoms with Crippen molar-refractivity contribution < 1.29 is 0 Å². The summed E-state index contributed by atoms with van der Waals surface area (Å²) in [7, 11) is 0. The molecule has 0 fully saturated rings. The zero-order valence-corrected chi connectivity index (χ0v) is 11.9. The molecule has 0 radical (unpaired) electrons. The predicted molar refractivity (Wildman–Crippen MR) is 81.6 cm³/mol. The summed E-state index contributed by atoms with van der Waals surface area (Å²) in [5, 5.41) is 7.31. The number of pyridine rings is 1. The van der Waals surface area contributed by atoms with Crippen LogP contribution in [0.4, 0.5) is 5.82 Å². The van der Waals surface area contributed by atoms with Crippen molar-refractivity contribution in [1.82, 2.24) is 19.2 Å². The van der Waals surface area contributed by atoms with Gasteiger partial charge in [0.2, 0.25) is 0 Å². The minimum absolute atomic E-state index is 0.0464. The van der Waals surface area contributed by atoms with Gasteiger partial charge in [-0.1, -0.05) is 6.92 Å². The minimum Gasteiger partial charge on any atom is -0.370 e. The molecule has 0 atom stereocenters. The first kappa shape index (κ1) is 13.4. The molecule has 0 amide bonds. The van der Waals surface area contributed by atoms with E-state index in [2.05, 4.69) is 22.3 Å². The molecule has 1 N–H and O–H groups in total. The quantitative estimate of drug-likeness (QED) is 0.775. The highest BCUT2D eigenvalue weighted by atomic mass is 16.1. The molecule has 0 spiro atoms. The second-order valence-corrected chi connectivity index (χ2v) is 4.87. The average molecular weight is 283 g/mol. The maximum atomic E-state index is 12.3. The van der Waals surface area contributed by atoms with Gasteiger partial charge in [-0.25, -0.2) is 9.50 Å². The largest absolute Gasteiger partial charge is 0.370 e. The highest BCUT2D eigenvalue weighted by molar-refractivity contribution is 5.43. The van der Waals surface area contributed by atoms with E-state index in [0.29, 0.717) is 12.1 Å². The van der Waals surface area contributed by atoms with E-state index in [9.17, 15) is 4.79 Å². The van der Waals surface area contributed by atoms with Gasteiger partial charge in [-0.05, 0) is 30.2 Å². The molecule has 0 bridgehead atoms. The van der Waals surface area contributed by atoms with Crippen LogP contribution in [-0.4, -0.2) is 25.7 Å². The van der Waals surface area contributed by atoms with Crippen LogP contribution in [0, 0.1) is 0 Å². The fraction of sp³-hybridized carbons (Fsp3) is 0.267. The van der Waals surface area contributed by atoms with Gasteiger partial charge in [0.1, 0.15) is 11.3 Å². The molecule has 108 valence electrons. The number of fused-ring (bicyclic) bond motifs is 1. The minimum atomic E-state index is -0.0464. The number of aromatic nitrogens is 4. The van der Waals surface area contributed by atoms with Crippen LogP contribution in [0.5, 0.6) is 0 Å². The maximum Gasteiger partial charge on any atom is 0.276 e. The molecule has 3 heterocycles. The van der Waals surface area contributed by atoms with E-state index in [1.165, 1.54) is 0 Å². The topological polar surface area (TPSA) is 64.2 Å². The first-order valence-electron chi connectivity index (χ1n) is 6.99. The van der Waals surface area contributed by atoms with Gasteiger partial charge in [0.05, 0.1) is 12.7 Å². The highest BCUT2D eigenvalue weighted by Gasteiger charge is 2.04. The first-order valence-corrected chi connectivity index (χ1v) is 6.99. The van der Waals surface area contributed by atoms with Crippen molar-refractivity contribution in [2.45, 2.75) is 19.9 Å². The van der Waals surface area contributed by atoms with Crippen molar-refractivity contribution in [3.8, 4) is 0 Å². The second kappa shape index (κ2) is 5.78. The van der Waals surface area contributed by atoms with Crippen LogP contribution in [0.3, 0.4) is 0 Å². The van der Waals surface area contributed by atoms with Crippen molar-refractivity contribution in [2.75, 3.05) is 11.9 Å². The summed E-state index contributed by atoms with van der Waals surface area (Å²) >= 11 is 0. The number of nitrogens with one attached hydrogen (secondary N) is 1. The molecule has 0 aliphatic heterocycles. The molecular weight excluding hydrogens is 266 g/mol. The molecule has 6 heteroatoms. The van der Waals surface area contributed by atoms with Crippen LogP contribution < -0.4 is 10.9 Å². The number of hydrogen-bond acceptors (Lipinski definition) is 4. The fourth-order valence-electron chi connectivity index (χ4n) is 2.20. The molecule has 21 heavy (non-hydrogen) atoms. The Hall–Kier alpha value is -2.63. The normalized spacial score (nSPS) is 10.9. The standard InChI is InChI=1S/C15H17N5O/c1-2-5-16-14-10-12(3-6-17-14)11-19-8-9-20-13(15(19)21)4-7-18-20/h3-4,6-10H,2,5,11H2,1H3,(H,16,17). The van der Waals surface area contributed by atoms with Crippen molar-refractivity contribution >= 4 is 11.3 Å². The summed E-state index contributed by atoms with van der Waals surface area (Å²) in [6.07, 6.45) is 7.97. The third kappa shape index (κ3) is 2.79. The van der Waals surface area contributed by atoms with Gasteiger partial charge in [0.25, 0.3) is 5.56 Å². The molecule has 0 aliphatic rings. The van der Waals surface area contributed by atoms with Crippen LogP contribution in [0.2, 0.25) is 0 Å². The van der Waals surface area contributed by atoms with E-state index < -0.39 is 0 Å². The van der Waals surface area contributed by atoms with E-state index in [1.807, 2.05) is 12.1 Å². The monoisotopic (exact) mass is 283 g/mol. The zero-order chi connectivity index (χ0) is 14.7. The van der Waals surface area contributed by atoms with Crippen LogP contribution in [0.1, 0.15) is 18.9 Å². The van der Waals surface area contributed by atoms with Gasteiger partial charge in [-0.2, -0.15) is 5.10 Å². The smallest absolute Gasteiger partial charge is 0.276 e. The Morgan fingerprint density at radius 2 is 2.14 bits per heavy atom. The summed E-state index contributed by atoms with van der Waals surface area (Å²) in [6.45, 7) is 3.51. The van der Waals surface area contributed by atoms with E-state index in [-0.39, 0.29) is 5.56 Å². The third-order valence-corrected chi connectivity index (χ3v) is 3.27. The van der Waals surface area contributed by atoms with Crippen molar-refractivity contribution in [3.05, 3.63) is 58.9 Å². The second-order valence-electron chi connectivity index (χ2n) is 4.87. The van der Waals surface area contributed by atoms with Crippen molar-refractivity contribution in [2.24, 2.45) is 0 Å². The number of rotatable bonds is 5. The van der Waals surface area contributed by atoms with Gasteiger partial charge >= 0.3 is 0 Å². The van der Waals surface area contributed by atoms with E-state index in [0.717, 1.165) is 24.3 Å². The number of hydrogen-bond donors (Lipinski definition) is 1. The number of anilines is 1. The molecule has 3 rings (SSSR count). The van der Waals surface area contributed by atoms with E-state index >= 15 is 0 Å². The van der Waals surface area contributed by atoms with Crippen LogP contribution in [0.15, 0.2) is 47.8 Å². The van der Waals surface area contributed by atoms with Gasteiger partial charge in [0.15, 0.2) is 0 Å². The third-order valence-electron chi connectivity index (χ3n) is 3.27. The lowest BCUT2D eigenvalue weighted by molar-refractivity contribution is 0.742. The summed E-state index contributed by atoms with van der Waals surface area (Å²) in [5.41, 5.74) is 1.57. The Morgan fingerprint density at radius 1 is 1.24 bits per heavy atom. The Labute approximate surface area is 122 Å². The lowest BCUT2D eigenvalue weighted by atomic mass is 10.2. The Kier molecular flexibility index (Phi) is 3.68. The highest BCUT2D eigenvalue weighted by Crippen LogP contribution is 2.08. The maximum absolute atomic E-state index is 12.3. The van der Waals surface area contributed by atoms with Crippen molar-refractivity contribution in [3.63, 3.8) is 0 Å². The summed E-state index contributed by atoms with van der Waals surface area (Å²) in [6, 6.07) is 5.62. The van der Waals surface area contributed by atoms with E-state index in [1.54, 1.807) is 39.9 Å². The molecule has 3 aromatic heterocycles. The van der Waals surface area contributed by atoms with Crippen LogP contribution in [-0.2, 0) is 6.54 Å². The Morgan fingerprint density at radius 3 is 3.00 bits per heavy atom. The fourth-order valence-corrected chi connectivity index (χ4v) is 2.20. The Balaban J connectivity index is 1.88. The molecule has 0 unspecified atom stereocenters. The first-order chi connectivity index (χ1) is 10.3. The van der Waals surface area contributed by atoms with Gasteiger partial charge in [0, 0.05) is 25.1 Å².